The van der Waals surface area contributed by atoms with Gasteiger partial charge in [0.05, 0.1) is 13.3 Å². The van der Waals surface area contributed by atoms with Crippen LogP contribution < -0.4 is 15.2 Å². The fourth-order valence-electron chi connectivity index (χ4n) is 1.65. The summed E-state index contributed by atoms with van der Waals surface area (Å²) in [5, 5.41) is 7.80. The number of benzene rings is 1. The lowest BCUT2D eigenvalue weighted by Crippen LogP contribution is -2.04. The molecule has 0 fully saturated rings. The molecule has 6 heteroatoms. The van der Waals surface area contributed by atoms with Crippen molar-refractivity contribution in [2.75, 3.05) is 7.11 Å². The molecule has 0 aliphatic rings. The van der Waals surface area contributed by atoms with Crippen molar-refractivity contribution in [3.05, 3.63) is 35.7 Å². The standard InChI is InChI=1S/C12H16N4O2/c1-16-7-10(14-15-16)8-18-12-9(6-13)4-3-5-11(12)17-2/h3-5,7H,6,8,13H2,1-2H3. The summed E-state index contributed by atoms with van der Waals surface area (Å²) in [7, 11) is 3.41. The molecule has 0 bridgehead atoms. The number of aromatic nitrogens is 3. The molecule has 2 N–H and O–H groups in total. The third-order valence-electron chi connectivity index (χ3n) is 2.51. The fraction of sp³-hybridized carbons (Fsp3) is 0.333. The van der Waals surface area contributed by atoms with Crippen LogP contribution in [0, 0.1) is 0 Å². The van der Waals surface area contributed by atoms with E-state index in [1.54, 1.807) is 18.0 Å². The summed E-state index contributed by atoms with van der Waals surface area (Å²) in [5.41, 5.74) is 7.34. The van der Waals surface area contributed by atoms with Crippen molar-refractivity contribution in [1.29, 1.82) is 0 Å². The van der Waals surface area contributed by atoms with Gasteiger partial charge in [-0.1, -0.05) is 17.3 Å². The van der Waals surface area contributed by atoms with E-state index >= 15 is 0 Å². The number of nitrogens with two attached hydrogens (primary N) is 1. The normalized spacial score (nSPS) is 10.4. The Labute approximate surface area is 105 Å². The van der Waals surface area contributed by atoms with Crippen molar-refractivity contribution in [3.8, 4) is 11.5 Å². The van der Waals surface area contributed by atoms with Crippen LogP contribution in [0.4, 0.5) is 0 Å². The molecular weight excluding hydrogens is 232 g/mol. The summed E-state index contributed by atoms with van der Waals surface area (Å²) in [6.45, 7) is 0.730. The van der Waals surface area contributed by atoms with E-state index in [0.29, 0.717) is 24.7 Å². The zero-order valence-electron chi connectivity index (χ0n) is 10.5. The second-order valence-electron chi connectivity index (χ2n) is 3.82. The Bertz CT molecular complexity index is 502. The lowest BCUT2D eigenvalue weighted by Gasteiger charge is -2.13. The summed E-state index contributed by atoms with van der Waals surface area (Å²) in [4.78, 5) is 0. The van der Waals surface area contributed by atoms with Gasteiger partial charge in [0.25, 0.3) is 0 Å². The topological polar surface area (TPSA) is 75.2 Å². The van der Waals surface area contributed by atoms with Crippen LogP contribution in [0.15, 0.2) is 24.4 Å². The first-order chi connectivity index (χ1) is 8.74. The number of hydrogen-bond donors (Lipinski definition) is 1. The number of ether oxygens (including phenoxy) is 2. The molecule has 96 valence electrons. The Morgan fingerprint density at radius 2 is 2.22 bits per heavy atom. The van der Waals surface area contributed by atoms with Crippen LogP contribution in [0.3, 0.4) is 0 Å². The molecule has 1 heterocycles. The van der Waals surface area contributed by atoms with Crippen LogP contribution in [0.2, 0.25) is 0 Å². The maximum absolute atomic E-state index is 5.73. The predicted molar refractivity (Wildman–Crippen MR) is 66.2 cm³/mol. The van der Waals surface area contributed by atoms with Gasteiger partial charge in [-0.25, -0.2) is 0 Å². The molecule has 0 aliphatic heterocycles. The highest BCUT2D eigenvalue weighted by atomic mass is 16.5. The van der Waals surface area contributed by atoms with E-state index in [-0.39, 0.29) is 0 Å². The SMILES string of the molecule is COc1cccc(CN)c1OCc1cn(C)nn1. The molecule has 0 saturated heterocycles. The maximum atomic E-state index is 5.73. The Balaban J connectivity index is 2.17. The first kappa shape index (κ1) is 12.4. The van der Waals surface area contributed by atoms with E-state index in [0.717, 1.165) is 11.3 Å². The predicted octanol–water partition coefficient (Wildman–Crippen LogP) is 0.861. The molecule has 0 spiro atoms. The highest BCUT2D eigenvalue weighted by Crippen LogP contribution is 2.31. The number of nitrogens with zero attached hydrogens (tertiary/aromatic N) is 3. The van der Waals surface area contributed by atoms with E-state index in [9.17, 15) is 0 Å². The molecule has 0 saturated carbocycles. The summed E-state index contributed by atoms with van der Waals surface area (Å²) in [5.74, 6) is 1.33. The van der Waals surface area contributed by atoms with Crippen LogP contribution in [0.5, 0.6) is 11.5 Å². The summed E-state index contributed by atoms with van der Waals surface area (Å²) in [6, 6.07) is 5.63. The van der Waals surface area contributed by atoms with Crippen molar-refractivity contribution >= 4 is 0 Å². The molecule has 0 aliphatic carbocycles. The molecule has 1 aromatic carbocycles. The Hall–Kier alpha value is -2.08. The number of methoxy groups -OCH3 is 1. The zero-order valence-corrected chi connectivity index (χ0v) is 10.5. The summed E-state index contributed by atoms with van der Waals surface area (Å²) in [6.07, 6.45) is 1.80. The largest absolute Gasteiger partial charge is 0.493 e. The smallest absolute Gasteiger partial charge is 0.166 e. The monoisotopic (exact) mass is 248 g/mol. The third-order valence-corrected chi connectivity index (χ3v) is 2.51. The van der Waals surface area contributed by atoms with Gasteiger partial charge in [-0.3, -0.25) is 4.68 Å². The molecule has 0 amide bonds. The number of hydrogen-bond acceptors (Lipinski definition) is 5. The van der Waals surface area contributed by atoms with E-state index in [1.165, 1.54) is 0 Å². The van der Waals surface area contributed by atoms with Gasteiger partial charge in [0.2, 0.25) is 0 Å². The van der Waals surface area contributed by atoms with E-state index in [2.05, 4.69) is 10.3 Å². The minimum Gasteiger partial charge on any atom is -0.493 e. The first-order valence-corrected chi connectivity index (χ1v) is 5.58. The number of rotatable bonds is 5. The Morgan fingerprint density at radius 1 is 1.39 bits per heavy atom. The molecule has 6 nitrogen and oxygen atoms in total. The lowest BCUT2D eigenvalue weighted by atomic mass is 10.2. The molecule has 0 atom stereocenters. The van der Waals surface area contributed by atoms with Gasteiger partial charge < -0.3 is 15.2 Å². The average molecular weight is 248 g/mol. The van der Waals surface area contributed by atoms with Crippen LogP contribution >= 0.6 is 0 Å². The van der Waals surface area contributed by atoms with Gasteiger partial charge in [0.15, 0.2) is 11.5 Å². The van der Waals surface area contributed by atoms with Crippen LogP contribution in [0.1, 0.15) is 11.3 Å². The third kappa shape index (κ3) is 2.60. The Morgan fingerprint density at radius 3 is 2.83 bits per heavy atom. The van der Waals surface area contributed by atoms with Crippen LogP contribution in [-0.2, 0) is 20.2 Å². The van der Waals surface area contributed by atoms with Crippen molar-refractivity contribution in [3.63, 3.8) is 0 Å². The second kappa shape index (κ2) is 5.50. The van der Waals surface area contributed by atoms with Crippen LogP contribution in [0.25, 0.3) is 0 Å². The number of para-hydroxylation sites is 1. The Kier molecular flexibility index (Phi) is 3.78. The van der Waals surface area contributed by atoms with Gasteiger partial charge >= 0.3 is 0 Å². The summed E-state index contributed by atoms with van der Waals surface area (Å²) >= 11 is 0. The van der Waals surface area contributed by atoms with Gasteiger partial charge in [-0.2, -0.15) is 0 Å². The molecule has 2 rings (SSSR count). The highest BCUT2D eigenvalue weighted by molar-refractivity contribution is 5.46. The molecule has 0 unspecified atom stereocenters. The maximum Gasteiger partial charge on any atom is 0.166 e. The molecule has 2 aromatic rings. The number of aryl methyl sites for hydroxylation is 1. The zero-order chi connectivity index (χ0) is 13.0. The highest BCUT2D eigenvalue weighted by Gasteiger charge is 2.10. The van der Waals surface area contributed by atoms with Gasteiger partial charge in [-0.05, 0) is 6.07 Å². The van der Waals surface area contributed by atoms with Crippen molar-refractivity contribution in [1.82, 2.24) is 15.0 Å². The average Bonchev–Trinajstić information content (AvgIpc) is 2.81. The van der Waals surface area contributed by atoms with E-state index in [1.807, 2.05) is 25.2 Å². The van der Waals surface area contributed by atoms with Gasteiger partial charge in [-0.15, -0.1) is 5.10 Å². The second-order valence-corrected chi connectivity index (χ2v) is 3.82. The molecule has 18 heavy (non-hydrogen) atoms. The quantitative estimate of drug-likeness (QED) is 0.849. The fourth-order valence-corrected chi connectivity index (χ4v) is 1.65. The molecule has 1 aromatic heterocycles. The summed E-state index contributed by atoms with van der Waals surface area (Å²) < 4.78 is 12.6. The lowest BCUT2D eigenvalue weighted by molar-refractivity contribution is 0.277. The van der Waals surface area contributed by atoms with Crippen molar-refractivity contribution < 1.29 is 9.47 Å². The van der Waals surface area contributed by atoms with Crippen LogP contribution in [-0.4, -0.2) is 22.1 Å². The van der Waals surface area contributed by atoms with Crippen molar-refractivity contribution in [2.24, 2.45) is 12.8 Å². The molecule has 0 radical (unpaired) electrons. The van der Waals surface area contributed by atoms with E-state index < -0.39 is 0 Å². The minimum atomic E-state index is 0.335. The molecular formula is C12H16N4O2. The van der Waals surface area contributed by atoms with Gasteiger partial charge in [0.1, 0.15) is 12.3 Å². The van der Waals surface area contributed by atoms with Crippen molar-refractivity contribution in [2.45, 2.75) is 13.2 Å². The van der Waals surface area contributed by atoms with Gasteiger partial charge in [0, 0.05) is 19.2 Å². The first-order valence-electron chi connectivity index (χ1n) is 5.58. The minimum absolute atomic E-state index is 0.335. The van der Waals surface area contributed by atoms with E-state index in [4.69, 9.17) is 15.2 Å².